The molecule has 0 aliphatic heterocycles. The summed E-state index contributed by atoms with van der Waals surface area (Å²) in [4.78, 5) is 43.4. The first kappa shape index (κ1) is 26.2. The number of alkyl halides is 6. The zero-order chi connectivity index (χ0) is 27.0. The third-order valence-electron chi connectivity index (χ3n) is 5.78. The van der Waals surface area contributed by atoms with Crippen LogP contribution in [0.15, 0.2) is 44.4 Å². The molecule has 1 amide bonds. The number of hydrogen-bond acceptors (Lipinski definition) is 6. The van der Waals surface area contributed by atoms with Crippen LogP contribution >= 0.6 is 0 Å². The number of benzene rings is 1. The lowest BCUT2D eigenvalue weighted by atomic mass is 10.1. The van der Waals surface area contributed by atoms with Crippen LogP contribution in [0.4, 0.5) is 26.3 Å². The van der Waals surface area contributed by atoms with Crippen LogP contribution in [-0.4, -0.2) is 31.8 Å². The van der Waals surface area contributed by atoms with E-state index in [9.17, 15) is 40.7 Å². The summed E-state index contributed by atoms with van der Waals surface area (Å²) >= 11 is 0. The van der Waals surface area contributed by atoms with E-state index in [1.165, 1.54) is 0 Å². The maximum atomic E-state index is 12.9. The number of aromatic amines is 1. The first-order valence-electron chi connectivity index (χ1n) is 11.0. The van der Waals surface area contributed by atoms with Gasteiger partial charge in [-0.25, -0.2) is 9.78 Å². The van der Waals surface area contributed by atoms with E-state index < -0.39 is 60.1 Å². The predicted octanol–water partition coefficient (Wildman–Crippen LogP) is 3.30. The molecule has 1 saturated carbocycles. The molecule has 1 aliphatic rings. The average molecular weight is 531 g/mol. The summed E-state index contributed by atoms with van der Waals surface area (Å²) in [7, 11) is 0. The van der Waals surface area contributed by atoms with Gasteiger partial charge in [-0.05, 0) is 31.4 Å². The fraction of sp³-hybridized carbons (Fsp3) is 0.409. The highest BCUT2D eigenvalue weighted by atomic mass is 19.4. The molecule has 198 valence electrons. The Morgan fingerprint density at radius 2 is 1.78 bits per heavy atom. The Hall–Kier alpha value is -3.91. The molecule has 1 aliphatic carbocycles. The first-order chi connectivity index (χ1) is 17.3. The van der Waals surface area contributed by atoms with Crippen LogP contribution in [0, 0.1) is 0 Å². The molecule has 2 N–H and O–H groups in total. The molecule has 37 heavy (non-hydrogen) atoms. The van der Waals surface area contributed by atoms with Gasteiger partial charge in [-0.15, -0.1) is 0 Å². The minimum Gasteiger partial charge on any atom is -0.342 e. The maximum Gasteiger partial charge on any atom is 0.438 e. The smallest absolute Gasteiger partial charge is 0.342 e. The minimum absolute atomic E-state index is 0.0452. The first-order valence-corrected chi connectivity index (χ1v) is 11.0. The highest BCUT2D eigenvalue weighted by Gasteiger charge is 2.49. The number of H-pyrrole nitrogens is 1. The van der Waals surface area contributed by atoms with Crippen molar-refractivity contribution in [1.29, 1.82) is 0 Å². The van der Waals surface area contributed by atoms with Crippen molar-refractivity contribution in [2.45, 2.75) is 56.5 Å². The SMILES string of the molecule is O=C(Cn1c(CCCC(F)(F)F)nc(-c2ccc(C(F)(F)F)cc2)cc1=O)NC1(c2noc(=O)[nH]2)CC1. The number of aromatic nitrogens is 4. The Balaban J connectivity index is 1.60. The number of carbonyl (C=O) groups is 1. The summed E-state index contributed by atoms with van der Waals surface area (Å²) in [6.07, 6.45) is -10.1. The number of aryl methyl sites for hydroxylation is 1. The van der Waals surface area contributed by atoms with Gasteiger partial charge in [-0.1, -0.05) is 17.3 Å². The van der Waals surface area contributed by atoms with E-state index in [4.69, 9.17) is 0 Å². The van der Waals surface area contributed by atoms with E-state index in [-0.39, 0.29) is 29.3 Å². The van der Waals surface area contributed by atoms with Crippen molar-refractivity contribution in [2.75, 3.05) is 0 Å². The van der Waals surface area contributed by atoms with Crippen molar-refractivity contribution in [3.63, 3.8) is 0 Å². The van der Waals surface area contributed by atoms with Gasteiger partial charge >= 0.3 is 18.1 Å². The molecule has 15 heteroatoms. The molecule has 0 unspecified atom stereocenters. The largest absolute Gasteiger partial charge is 0.438 e. The highest BCUT2D eigenvalue weighted by molar-refractivity contribution is 5.77. The van der Waals surface area contributed by atoms with Gasteiger partial charge in [0.25, 0.3) is 5.56 Å². The van der Waals surface area contributed by atoms with E-state index in [1.54, 1.807) is 0 Å². The van der Waals surface area contributed by atoms with Gasteiger partial charge < -0.3 is 5.32 Å². The molecule has 2 aromatic heterocycles. The molecule has 0 saturated heterocycles. The van der Waals surface area contributed by atoms with Crippen molar-refractivity contribution in [1.82, 2.24) is 25.0 Å². The molecule has 2 heterocycles. The van der Waals surface area contributed by atoms with Crippen molar-refractivity contribution in [2.24, 2.45) is 0 Å². The van der Waals surface area contributed by atoms with E-state index in [0.29, 0.717) is 12.8 Å². The Morgan fingerprint density at radius 3 is 2.32 bits per heavy atom. The third kappa shape index (κ3) is 6.27. The van der Waals surface area contributed by atoms with Gasteiger partial charge in [-0.3, -0.25) is 23.7 Å². The van der Waals surface area contributed by atoms with Crippen molar-refractivity contribution < 1.29 is 35.7 Å². The number of amides is 1. The van der Waals surface area contributed by atoms with Crippen molar-refractivity contribution in [3.05, 3.63) is 68.4 Å². The lowest BCUT2D eigenvalue weighted by Crippen LogP contribution is -2.40. The van der Waals surface area contributed by atoms with Crippen LogP contribution in [0.3, 0.4) is 0 Å². The van der Waals surface area contributed by atoms with E-state index in [1.807, 2.05) is 0 Å². The monoisotopic (exact) mass is 531 g/mol. The molecule has 1 aromatic carbocycles. The summed E-state index contributed by atoms with van der Waals surface area (Å²) in [6.45, 7) is -0.593. The number of halogens is 6. The van der Waals surface area contributed by atoms with Crippen LogP contribution in [-0.2, 0) is 29.5 Å². The van der Waals surface area contributed by atoms with Gasteiger partial charge in [0.15, 0.2) is 5.82 Å². The molecule has 4 rings (SSSR count). The lowest BCUT2D eigenvalue weighted by Gasteiger charge is -2.17. The molecule has 0 radical (unpaired) electrons. The Kier molecular flexibility index (Phi) is 6.73. The second kappa shape index (κ2) is 9.52. The Morgan fingerprint density at radius 1 is 1.11 bits per heavy atom. The van der Waals surface area contributed by atoms with Gasteiger partial charge in [0.05, 0.1) is 11.3 Å². The van der Waals surface area contributed by atoms with Gasteiger partial charge in [0, 0.05) is 24.5 Å². The lowest BCUT2D eigenvalue weighted by molar-refractivity contribution is -0.137. The second-order valence-electron chi connectivity index (χ2n) is 8.60. The normalized spacial score (nSPS) is 15.0. The molecule has 3 aromatic rings. The quantitative estimate of drug-likeness (QED) is 0.430. The van der Waals surface area contributed by atoms with Crippen LogP contribution in [0.1, 0.15) is 42.9 Å². The zero-order valence-corrected chi connectivity index (χ0v) is 18.9. The average Bonchev–Trinajstić information content (AvgIpc) is 3.44. The summed E-state index contributed by atoms with van der Waals surface area (Å²) in [6, 6.07) is 4.77. The zero-order valence-electron chi connectivity index (χ0n) is 18.9. The van der Waals surface area contributed by atoms with E-state index in [0.717, 1.165) is 34.9 Å². The predicted molar refractivity (Wildman–Crippen MR) is 114 cm³/mol. The van der Waals surface area contributed by atoms with Crippen LogP contribution < -0.4 is 16.6 Å². The third-order valence-corrected chi connectivity index (χ3v) is 5.78. The van der Waals surface area contributed by atoms with Gasteiger partial charge in [-0.2, -0.15) is 26.3 Å². The number of carbonyl (C=O) groups excluding carboxylic acids is 1. The highest BCUT2D eigenvalue weighted by Crippen LogP contribution is 2.43. The molecular weight excluding hydrogens is 512 g/mol. The van der Waals surface area contributed by atoms with Crippen LogP contribution in [0.25, 0.3) is 11.3 Å². The topological polar surface area (TPSA) is 123 Å². The Labute approximate surface area is 203 Å². The van der Waals surface area contributed by atoms with E-state index >= 15 is 0 Å². The molecule has 9 nitrogen and oxygen atoms in total. The van der Waals surface area contributed by atoms with E-state index in [2.05, 4.69) is 25.0 Å². The number of nitrogens with zero attached hydrogens (tertiary/aromatic N) is 3. The van der Waals surface area contributed by atoms with Crippen molar-refractivity contribution >= 4 is 5.91 Å². The summed E-state index contributed by atoms with van der Waals surface area (Å²) in [5, 5.41) is 6.20. The maximum absolute atomic E-state index is 12.9. The summed E-state index contributed by atoms with van der Waals surface area (Å²) < 4.78 is 82.0. The Bertz CT molecular complexity index is 1400. The number of rotatable bonds is 8. The molecule has 0 spiro atoms. The van der Waals surface area contributed by atoms with Crippen LogP contribution in [0.2, 0.25) is 0 Å². The fourth-order valence-corrected chi connectivity index (χ4v) is 3.77. The van der Waals surface area contributed by atoms with Crippen molar-refractivity contribution in [3.8, 4) is 11.3 Å². The molecule has 0 atom stereocenters. The number of nitrogens with one attached hydrogen (secondary N) is 2. The van der Waals surface area contributed by atoms with Gasteiger partial charge in [0.1, 0.15) is 17.9 Å². The second-order valence-corrected chi connectivity index (χ2v) is 8.60. The number of hydrogen-bond donors (Lipinski definition) is 2. The van der Waals surface area contributed by atoms with Gasteiger partial charge in [0.2, 0.25) is 5.91 Å². The minimum atomic E-state index is -4.58. The molecule has 0 bridgehead atoms. The molecular formula is C22H19F6N5O4. The summed E-state index contributed by atoms with van der Waals surface area (Å²) in [5.74, 6) is -1.55. The van der Waals surface area contributed by atoms with Crippen LogP contribution in [0.5, 0.6) is 0 Å². The molecule has 1 fully saturated rings. The standard InChI is InChI=1S/C22H19F6N5O4/c23-21(24,25)7-1-2-15-29-14(12-3-5-13(6-4-12)22(26,27)28)10-17(35)33(15)11-16(34)31-20(8-9-20)18-30-19(36)37-32-18/h3-6,10H,1-2,7-9,11H2,(H,31,34)(H,30,32,36). The fourth-order valence-electron chi connectivity index (χ4n) is 3.77. The summed E-state index contributed by atoms with van der Waals surface area (Å²) in [5.41, 5.74) is -2.59.